The highest BCUT2D eigenvalue weighted by molar-refractivity contribution is 5.68. The molecule has 2 aromatic rings. The highest BCUT2D eigenvalue weighted by atomic mass is 15.3. The van der Waals surface area contributed by atoms with Crippen LogP contribution in [0.4, 0.5) is 17.5 Å². The van der Waals surface area contributed by atoms with Gasteiger partial charge in [0.2, 0.25) is 5.95 Å². The van der Waals surface area contributed by atoms with Crippen LogP contribution in [0.2, 0.25) is 0 Å². The van der Waals surface area contributed by atoms with Crippen LogP contribution in [0.1, 0.15) is 25.8 Å². The molecule has 1 aromatic heterocycles. The molecule has 0 saturated heterocycles. The second-order valence-corrected chi connectivity index (χ2v) is 5.12. The molecule has 1 aliphatic rings. The lowest BCUT2D eigenvalue weighted by Crippen LogP contribution is -2.25. The fraction of sp³-hybridized carbons (Fsp3) is 0.400. The molecule has 1 N–H and O–H groups in total. The Balaban J connectivity index is 1.93. The topological polar surface area (TPSA) is 53.9 Å². The number of anilines is 3. The van der Waals surface area contributed by atoms with Gasteiger partial charge >= 0.3 is 0 Å². The average Bonchev–Trinajstić information content (AvgIpc) is 2.81. The smallest absolute Gasteiger partial charge is 0.244 e. The number of rotatable bonds is 4. The number of fused-ring (bicyclic) bond motifs is 1. The second-order valence-electron chi connectivity index (χ2n) is 5.12. The minimum Gasteiger partial charge on any atom is -0.353 e. The molecule has 0 radical (unpaired) electrons. The normalized spacial score (nSPS) is 17.1. The molecule has 104 valence electrons. The summed E-state index contributed by atoms with van der Waals surface area (Å²) in [5.74, 6) is 1.46. The molecule has 1 aromatic carbocycles. The van der Waals surface area contributed by atoms with Gasteiger partial charge in [0.1, 0.15) is 0 Å². The molecule has 5 nitrogen and oxygen atoms in total. The molecule has 0 fully saturated rings. The molecule has 1 aliphatic heterocycles. The highest BCUT2D eigenvalue weighted by Crippen LogP contribution is 2.36. The van der Waals surface area contributed by atoms with Gasteiger partial charge in [-0.25, -0.2) is 0 Å². The number of benzene rings is 1. The maximum atomic E-state index is 4.58. The van der Waals surface area contributed by atoms with Gasteiger partial charge in [0.15, 0.2) is 5.82 Å². The Bertz CT molecular complexity index is 598. The lowest BCUT2D eigenvalue weighted by molar-refractivity contribution is 0.744. The van der Waals surface area contributed by atoms with E-state index in [4.69, 9.17) is 0 Å². The van der Waals surface area contributed by atoms with Gasteiger partial charge in [-0.1, -0.05) is 25.1 Å². The Morgan fingerprint density at radius 1 is 1.35 bits per heavy atom. The standard InChI is InChI=1S/C15H19N5/c1-3-8-16-15-18-14(10-17-19-15)20-11(2)9-12-6-4-5-7-13(12)20/h4-7,10-11H,3,8-9H2,1-2H3,(H,16,18,19). The average molecular weight is 269 g/mol. The lowest BCUT2D eigenvalue weighted by atomic mass is 10.1. The number of nitrogens with zero attached hydrogens (tertiary/aromatic N) is 4. The van der Waals surface area contributed by atoms with Crippen LogP contribution in [0.3, 0.4) is 0 Å². The lowest BCUT2D eigenvalue weighted by Gasteiger charge is -2.23. The molecule has 5 heteroatoms. The maximum Gasteiger partial charge on any atom is 0.244 e. The Kier molecular flexibility index (Phi) is 3.50. The molecule has 0 saturated carbocycles. The van der Waals surface area contributed by atoms with Crippen molar-refractivity contribution in [2.45, 2.75) is 32.7 Å². The van der Waals surface area contributed by atoms with Crippen molar-refractivity contribution in [3.05, 3.63) is 36.0 Å². The third-order valence-corrected chi connectivity index (χ3v) is 3.53. The first-order chi connectivity index (χ1) is 9.79. The van der Waals surface area contributed by atoms with Crippen molar-refractivity contribution < 1.29 is 0 Å². The molecular weight excluding hydrogens is 250 g/mol. The zero-order chi connectivity index (χ0) is 13.9. The Morgan fingerprint density at radius 2 is 2.20 bits per heavy atom. The van der Waals surface area contributed by atoms with Gasteiger partial charge in [-0.3, -0.25) is 0 Å². The molecule has 0 aliphatic carbocycles. The van der Waals surface area contributed by atoms with Gasteiger partial charge in [-0.15, -0.1) is 5.10 Å². The summed E-state index contributed by atoms with van der Waals surface area (Å²) in [4.78, 5) is 6.82. The fourth-order valence-electron chi connectivity index (χ4n) is 2.64. The van der Waals surface area contributed by atoms with Gasteiger partial charge in [0.05, 0.1) is 6.20 Å². The fourth-order valence-corrected chi connectivity index (χ4v) is 2.64. The molecule has 1 unspecified atom stereocenters. The molecule has 1 atom stereocenters. The Morgan fingerprint density at radius 3 is 3.05 bits per heavy atom. The zero-order valence-electron chi connectivity index (χ0n) is 11.9. The van der Waals surface area contributed by atoms with Crippen LogP contribution < -0.4 is 10.2 Å². The van der Waals surface area contributed by atoms with E-state index in [2.05, 4.69) is 63.5 Å². The summed E-state index contributed by atoms with van der Waals surface area (Å²) in [7, 11) is 0. The van der Waals surface area contributed by atoms with Crippen molar-refractivity contribution in [1.29, 1.82) is 0 Å². The van der Waals surface area contributed by atoms with Gasteiger partial charge in [-0.2, -0.15) is 10.1 Å². The van der Waals surface area contributed by atoms with E-state index in [0.717, 1.165) is 25.2 Å². The highest BCUT2D eigenvalue weighted by Gasteiger charge is 2.28. The van der Waals surface area contributed by atoms with Gasteiger partial charge < -0.3 is 10.2 Å². The van der Waals surface area contributed by atoms with Gasteiger partial charge in [0, 0.05) is 18.3 Å². The van der Waals surface area contributed by atoms with Gasteiger partial charge in [-0.05, 0) is 31.4 Å². The molecule has 2 heterocycles. The molecule has 3 rings (SSSR count). The predicted molar refractivity (Wildman–Crippen MR) is 80.4 cm³/mol. The Labute approximate surface area is 119 Å². The first-order valence-electron chi connectivity index (χ1n) is 7.10. The van der Waals surface area contributed by atoms with Crippen molar-refractivity contribution in [3.63, 3.8) is 0 Å². The summed E-state index contributed by atoms with van der Waals surface area (Å²) in [6, 6.07) is 8.86. The minimum absolute atomic E-state index is 0.392. The maximum absolute atomic E-state index is 4.58. The number of nitrogens with one attached hydrogen (secondary N) is 1. The van der Waals surface area contributed by atoms with Gasteiger partial charge in [0.25, 0.3) is 0 Å². The van der Waals surface area contributed by atoms with Crippen molar-refractivity contribution in [2.24, 2.45) is 0 Å². The Hall–Kier alpha value is -2.17. The van der Waals surface area contributed by atoms with Crippen molar-refractivity contribution >= 4 is 17.5 Å². The van der Waals surface area contributed by atoms with Crippen molar-refractivity contribution in [3.8, 4) is 0 Å². The SMILES string of the molecule is CCCNc1nncc(N2c3ccccc3CC2C)n1. The monoisotopic (exact) mass is 269 g/mol. The van der Waals surface area contributed by atoms with Crippen molar-refractivity contribution in [2.75, 3.05) is 16.8 Å². The first kappa shape index (κ1) is 12.8. The first-order valence-corrected chi connectivity index (χ1v) is 7.10. The third-order valence-electron chi connectivity index (χ3n) is 3.53. The second kappa shape index (κ2) is 5.45. The summed E-state index contributed by atoms with van der Waals surface area (Å²) < 4.78 is 0. The van der Waals surface area contributed by atoms with E-state index >= 15 is 0 Å². The minimum atomic E-state index is 0.392. The van der Waals surface area contributed by atoms with E-state index in [9.17, 15) is 0 Å². The summed E-state index contributed by atoms with van der Waals surface area (Å²) >= 11 is 0. The quantitative estimate of drug-likeness (QED) is 0.925. The van der Waals surface area contributed by atoms with E-state index in [-0.39, 0.29) is 0 Å². The van der Waals surface area contributed by atoms with Crippen molar-refractivity contribution in [1.82, 2.24) is 15.2 Å². The third kappa shape index (κ3) is 2.31. The van der Waals surface area contributed by atoms with Crippen LogP contribution in [-0.4, -0.2) is 27.8 Å². The number of hydrogen-bond acceptors (Lipinski definition) is 5. The van der Waals surface area contributed by atoms with E-state index in [1.165, 1.54) is 11.3 Å². The summed E-state index contributed by atoms with van der Waals surface area (Å²) in [6.07, 6.45) is 3.81. The predicted octanol–water partition coefficient (Wildman–Crippen LogP) is 2.78. The number of aromatic nitrogens is 3. The van der Waals surface area contributed by atoms with Crippen LogP contribution in [0.5, 0.6) is 0 Å². The van der Waals surface area contributed by atoms with E-state index in [1.54, 1.807) is 6.20 Å². The molecule has 20 heavy (non-hydrogen) atoms. The molecule has 0 amide bonds. The van der Waals surface area contributed by atoms with Crippen LogP contribution >= 0.6 is 0 Å². The summed E-state index contributed by atoms with van der Waals surface area (Å²) in [5, 5.41) is 11.3. The van der Waals surface area contributed by atoms with E-state index < -0.39 is 0 Å². The number of hydrogen-bond donors (Lipinski definition) is 1. The number of para-hydroxylation sites is 1. The van der Waals surface area contributed by atoms with Crippen LogP contribution in [0, 0.1) is 0 Å². The molecule has 0 bridgehead atoms. The van der Waals surface area contributed by atoms with Crippen LogP contribution in [0.15, 0.2) is 30.5 Å². The van der Waals surface area contributed by atoms with E-state index in [1.807, 2.05) is 0 Å². The molecular formula is C15H19N5. The van der Waals surface area contributed by atoms with Crippen LogP contribution in [-0.2, 0) is 6.42 Å². The summed E-state index contributed by atoms with van der Waals surface area (Å²) in [6.45, 7) is 5.18. The largest absolute Gasteiger partial charge is 0.353 e. The zero-order valence-corrected chi connectivity index (χ0v) is 11.9. The molecule has 0 spiro atoms. The van der Waals surface area contributed by atoms with E-state index in [0.29, 0.717) is 12.0 Å². The summed E-state index contributed by atoms with van der Waals surface area (Å²) in [5.41, 5.74) is 2.59. The van der Waals surface area contributed by atoms with Crippen LogP contribution in [0.25, 0.3) is 0 Å².